The molecule has 0 radical (unpaired) electrons. The summed E-state index contributed by atoms with van der Waals surface area (Å²) in [6.07, 6.45) is 0. The highest BCUT2D eigenvalue weighted by Gasteiger charge is 2.27. The second-order valence-electron chi connectivity index (χ2n) is 3.82. The highest BCUT2D eigenvalue weighted by atomic mass is 32.2. The number of hydrogen-bond acceptors (Lipinski definition) is 4. The Bertz CT molecular complexity index is 371. The van der Waals surface area contributed by atoms with E-state index < -0.39 is 21.3 Å². The predicted octanol–water partition coefficient (Wildman–Crippen LogP) is -0.534. The predicted molar refractivity (Wildman–Crippen MR) is 58.9 cm³/mol. The maximum absolute atomic E-state index is 11.4. The SMILES string of the molecule is CN=C(C)S(=O)(=O)NCC(C)(C)C(N)=O. The van der Waals surface area contributed by atoms with Crippen molar-refractivity contribution in [2.75, 3.05) is 13.6 Å². The van der Waals surface area contributed by atoms with Crippen LogP contribution < -0.4 is 10.5 Å². The maximum atomic E-state index is 11.4. The minimum absolute atomic E-state index is 0.0252. The molecule has 0 saturated carbocycles. The van der Waals surface area contributed by atoms with Crippen LogP contribution in [0.3, 0.4) is 0 Å². The number of hydrogen-bond donors (Lipinski definition) is 2. The summed E-state index contributed by atoms with van der Waals surface area (Å²) in [5.41, 5.74) is 4.19. The molecule has 0 heterocycles. The maximum Gasteiger partial charge on any atom is 0.253 e. The standard InChI is InChI=1S/C8H17N3O3S/c1-6(10-4)15(13,14)11-5-8(2,3)7(9)12/h11H,5H2,1-4H3,(H2,9,12). The third-order valence-electron chi connectivity index (χ3n) is 2.07. The van der Waals surface area contributed by atoms with Gasteiger partial charge in [0.15, 0.2) is 0 Å². The molecule has 0 fully saturated rings. The minimum Gasteiger partial charge on any atom is -0.369 e. The number of rotatable bonds is 4. The van der Waals surface area contributed by atoms with Crippen molar-refractivity contribution in [3.05, 3.63) is 0 Å². The van der Waals surface area contributed by atoms with Gasteiger partial charge in [0.25, 0.3) is 10.0 Å². The molecule has 3 N–H and O–H groups in total. The molecule has 0 spiro atoms. The Morgan fingerprint density at radius 1 is 1.47 bits per heavy atom. The van der Waals surface area contributed by atoms with Crippen LogP contribution in [0.2, 0.25) is 0 Å². The van der Waals surface area contributed by atoms with Crippen molar-refractivity contribution < 1.29 is 13.2 Å². The molecule has 0 aromatic rings. The Balaban J connectivity index is 4.62. The number of primary amides is 1. The van der Waals surface area contributed by atoms with Crippen molar-refractivity contribution in [2.24, 2.45) is 16.1 Å². The first-order chi connectivity index (χ1) is 6.63. The van der Waals surface area contributed by atoms with Gasteiger partial charge < -0.3 is 5.73 Å². The van der Waals surface area contributed by atoms with Crippen molar-refractivity contribution in [1.29, 1.82) is 0 Å². The van der Waals surface area contributed by atoms with E-state index in [1.807, 2.05) is 0 Å². The largest absolute Gasteiger partial charge is 0.369 e. The molecule has 0 aliphatic carbocycles. The number of carbonyl (C=O) groups is 1. The van der Waals surface area contributed by atoms with Crippen LogP contribution in [0.15, 0.2) is 4.99 Å². The third kappa shape index (κ3) is 3.96. The van der Waals surface area contributed by atoms with E-state index in [1.165, 1.54) is 14.0 Å². The molecular weight excluding hydrogens is 218 g/mol. The lowest BCUT2D eigenvalue weighted by atomic mass is 9.93. The average Bonchev–Trinajstić information content (AvgIpc) is 2.13. The van der Waals surface area contributed by atoms with Gasteiger partial charge in [0.1, 0.15) is 5.04 Å². The summed E-state index contributed by atoms with van der Waals surface area (Å²) in [7, 11) is -2.20. The highest BCUT2D eigenvalue weighted by molar-refractivity contribution is 8.04. The van der Waals surface area contributed by atoms with Gasteiger partial charge in [-0.15, -0.1) is 0 Å². The molecule has 0 aliphatic heterocycles. The first-order valence-electron chi connectivity index (χ1n) is 4.36. The summed E-state index contributed by atoms with van der Waals surface area (Å²) in [4.78, 5) is 14.5. The zero-order valence-electron chi connectivity index (χ0n) is 9.36. The van der Waals surface area contributed by atoms with Crippen molar-refractivity contribution in [2.45, 2.75) is 20.8 Å². The van der Waals surface area contributed by atoms with Crippen LogP contribution in [0.4, 0.5) is 0 Å². The van der Waals surface area contributed by atoms with Crippen LogP contribution in [0.1, 0.15) is 20.8 Å². The summed E-state index contributed by atoms with van der Waals surface area (Å²) in [6, 6.07) is 0. The lowest BCUT2D eigenvalue weighted by Gasteiger charge is -2.20. The van der Waals surface area contributed by atoms with E-state index in [2.05, 4.69) is 9.71 Å². The molecule has 6 nitrogen and oxygen atoms in total. The lowest BCUT2D eigenvalue weighted by Crippen LogP contribution is -2.43. The first kappa shape index (κ1) is 14.1. The van der Waals surface area contributed by atoms with Gasteiger partial charge in [-0.1, -0.05) is 0 Å². The lowest BCUT2D eigenvalue weighted by molar-refractivity contribution is -0.125. The summed E-state index contributed by atoms with van der Waals surface area (Å²) in [5, 5.41) is -0.0252. The average molecular weight is 235 g/mol. The molecule has 0 aromatic carbocycles. The monoisotopic (exact) mass is 235 g/mol. The van der Waals surface area contributed by atoms with E-state index >= 15 is 0 Å². The van der Waals surface area contributed by atoms with Gasteiger partial charge >= 0.3 is 0 Å². The number of aliphatic imine (C=N–C) groups is 1. The second-order valence-corrected chi connectivity index (χ2v) is 5.70. The molecule has 88 valence electrons. The number of sulfonamides is 1. The fraction of sp³-hybridized carbons (Fsp3) is 0.750. The van der Waals surface area contributed by atoms with Gasteiger partial charge in [-0.3, -0.25) is 9.79 Å². The molecular formula is C8H17N3O3S. The number of carbonyl (C=O) groups excluding carboxylic acids is 1. The van der Waals surface area contributed by atoms with Crippen molar-refractivity contribution in [3.63, 3.8) is 0 Å². The van der Waals surface area contributed by atoms with Crippen molar-refractivity contribution in [3.8, 4) is 0 Å². The van der Waals surface area contributed by atoms with Crippen LogP contribution in [-0.4, -0.2) is 33.0 Å². The molecule has 0 atom stereocenters. The van der Waals surface area contributed by atoms with Crippen molar-refractivity contribution >= 4 is 21.0 Å². The fourth-order valence-corrected chi connectivity index (χ4v) is 1.59. The number of amides is 1. The van der Waals surface area contributed by atoms with E-state index in [0.717, 1.165) is 0 Å². The van der Waals surface area contributed by atoms with E-state index in [0.29, 0.717) is 0 Å². The van der Waals surface area contributed by atoms with Gasteiger partial charge in [-0.2, -0.15) is 0 Å². The van der Waals surface area contributed by atoms with Crippen LogP contribution in [0.25, 0.3) is 0 Å². The first-order valence-corrected chi connectivity index (χ1v) is 5.85. The Morgan fingerprint density at radius 3 is 2.27 bits per heavy atom. The fourth-order valence-electron chi connectivity index (χ4n) is 0.587. The number of nitrogens with two attached hydrogens (primary N) is 1. The highest BCUT2D eigenvalue weighted by Crippen LogP contribution is 2.12. The Morgan fingerprint density at radius 2 is 1.93 bits per heavy atom. The van der Waals surface area contributed by atoms with Gasteiger partial charge in [0.05, 0.1) is 5.41 Å². The van der Waals surface area contributed by atoms with Gasteiger partial charge in [-0.05, 0) is 20.8 Å². The smallest absolute Gasteiger partial charge is 0.253 e. The van der Waals surface area contributed by atoms with Gasteiger partial charge in [0, 0.05) is 13.6 Å². The van der Waals surface area contributed by atoms with Crippen molar-refractivity contribution in [1.82, 2.24) is 4.72 Å². The normalized spacial score (nSPS) is 14.0. The second kappa shape index (κ2) is 4.71. The zero-order valence-corrected chi connectivity index (χ0v) is 10.2. The quantitative estimate of drug-likeness (QED) is 0.505. The minimum atomic E-state index is -3.58. The van der Waals surface area contributed by atoms with E-state index in [9.17, 15) is 13.2 Å². The van der Waals surface area contributed by atoms with Gasteiger partial charge in [-0.25, -0.2) is 13.1 Å². The number of nitrogens with one attached hydrogen (secondary N) is 1. The molecule has 0 aliphatic rings. The van der Waals surface area contributed by atoms with Crippen LogP contribution >= 0.6 is 0 Å². The van der Waals surface area contributed by atoms with E-state index in [-0.39, 0.29) is 11.6 Å². The Kier molecular flexibility index (Phi) is 4.42. The summed E-state index contributed by atoms with van der Waals surface area (Å²) in [6.45, 7) is 4.46. The molecule has 0 aromatic heterocycles. The Hall–Kier alpha value is -0.950. The third-order valence-corrected chi connectivity index (χ3v) is 3.56. The van der Waals surface area contributed by atoms with Crippen LogP contribution in [0, 0.1) is 5.41 Å². The van der Waals surface area contributed by atoms with Crippen LogP contribution in [0.5, 0.6) is 0 Å². The molecule has 1 amide bonds. The molecule has 0 unspecified atom stereocenters. The van der Waals surface area contributed by atoms with Crippen LogP contribution in [-0.2, 0) is 14.8 Å². The van der Waals surface area contributed by atoms with Gasteiger partial charge in [0.2, 0.25) is 5.91 Å². The summed E-state index contributed by atoms with van der Waals surface area (Å²) >= 11 is 0. The molecule has 0 bridgehead atoms. The molecule has 7 heteroatoms. The molecule has 15 heavy (non-hydrogen) atoms. The van der Waals surface area contributed by atoms with E-state index in [4.69, 9.17) is 5.73 Å². The summed E-state index contributed by atoms with van der Waals surface area (Å²) in [5.74, 6) is -0.559. The molecule has 0 rings (SSSR count). The topological polar surface area (TPSA) is 102 Å². The summed E-state index contributed by atoms with van der Waals surface area (Å²) < 4.78 is 25.1. The van der Waals surface area contributed by atoms with E-state index in [1.54, 1.807) is 13.8 Å². The number of nitrogens with zero attached hydrogens (tertiary/aromatic N) is 1. The Labute approximate surface area is 90.0 Å². The molecule has 0 saturated heterocycles. The zero-order chi connectivity index (χ0) is 12.3.